The molecular formula is C17H18N6O5S3. The highest BCUT2D eigenvalue weighted by Crippen LogP contribution is 2.42. The van der Waals surface area contributed by atoms with E-state index < -0.39 is 24.8 Å². The first-order chi connectivity index (χ1) is 14.9. The van der Waals surface area contributed by atoms with E-state index in [1.54, 1.807) is 24.2 Å². The average molecular weight is 483 g/mol. The van der Waals surface area contributed by atoms with Gasteiger partial charge in [-0.1, -0.05) is 23.1 Å². The molecule has 2 aromatic rings. The van der Waals surface area contributed by atoms with Crippen LogP contribution in [0.3, 0.4) is 0 Å². The maximum absolute atomic E-state index is 12.9. The standard InChI is InChI=1S/C17H18N6O5S3/c1-8-21-22-17(31-8)30-6-10-5-29-14-11(20-16-18-3-4-19-16)13(25)23(14)12(10)15(26)28-7-27-9(2)24/h3-4,11,14H,5-7H2,1-2H3,(H2,18,19,20)/t11?,14-/m0/s1. The third kappa shape index (κ3) is 4.70. The molecule has 0 radical (unpaired) electrons. The van der Waals surface area contributed by atoms with Crippen molar-refractivity contribution < 1.29 is 23.9 Å². The van der Waals surface area contributed by atoms with Crippen LogP contribution in [0.5, 0.6) is 0 Å². The molecule has 2 aromatic heterocycles. The number of anilines is 1. The van der Waals surface area contributed by atoms with Crippen LogP contribution >= 0.6 is 34.9 Å². The van der Waals surface area contributed by atoms with Crippen LogP contribution in [0, 0.1) is 6.92 Å². The molecule has 31 heavy (non-hydrogen) atoms. The lowest BCUT2D eigenvalue weighted by Crippen LogP contribution is -2.67. The highest BCUT2D eigenvalue weighted by atomic mass is 32.2. The number of carbonyl (C=O) groups is 3. The van der Waals surface area contributed by atoms with Gasteiger partial charge in [0.2, 0.25) is 12.7 Å². The molecule has 4 rings (SSSR count). The van der Waals surface area contributed by atoms with Crippen molar-refractivity contribution in [3.63, 3.8) is 0 Å². The maximum Gasteiger partial charge on any atom is 0.357 e. The van der Waals surface area contributed by atoms with E-state index in [1.807, 2.05) is 6.92 Å². The topological polar surface area (TPSA) is 139 Å². The normalized spacial score (nSPS) is 20.2. The Morgan fingerprint density at radius 3 is 2.90 bits per heavy atom. The fraction of sp³-hybridized carbons (Fsp3) is 0.412. The average Bonchev–Trinajstić information content (AvgIpc) is 3.40. The fourth-order valence-corrected chi connectivity index (χ4v) is 6.29. The Labute approximate surface area is 189 Å². The van der Waals surface area contributed by atoms with Crippen LogP contribution in [0.2, 0.25) is 0 Å². The van der Waals surface area contributed by atoms with E-state index in [-0.39, 0.29) is 17.0 Å². The molecule has 4 heterocycles. The minimum atomic E-state index is -0.708. The van der Waals surface area contributed by atoms with Crippen molar-refractivity contribution in [2.45, 2.75) is 29.6 Å². The predicted molar refractivity (Wildman–Crippen MR) is 114 cm³/mol. The van der Waals surface area contributed by atoms with E-state index in [2.05, 4.69) is 25.5 Å². The van der Waals surface area contributed by atoms with E-state index in [0.717, 1.165) is 14.9 Å². The second-order valence-electron chi connectivity index (χ2n) is 6.48. The van der Waals surface area contributed by atoms with Gasteiger partial charge in [0.05, 0.1) is 0 Å². The van der Waals surface area contributed by atoms with E-state index in [1.165, 1.54) is 34.9 Å². The van der Waals surface area contributed by atoms with Crippen molar-refractivity contribution in [1.29, 1.82) is 0 Å². The Balaban J connectivity index is 1.52. The van der Waals surface area contributed by atoms with Crippen LogP contribution in [0.15, 0.2) is 28.0 Å². The van der Waals surface area contributed by atoms with Crippen LogP contribution in [0.1, 0.15) is 11.9 Å². The molecule has 1 unspecified atom stereocenters. The van der Waals surface area contributed by atoms with Crippen LogP contribution < -0.4 is 5.32 Å². The molecule has 2 atom stereocenters. The first-order valence-corrected chi connectivity index (χ1v) is 11.9. The summed E-state index contributed by atoms with van der Waals surface area (Å²) in [5.41, 5.74) is 0.934. The van der Waals surface area contributed by atoms with Gasteiger partial charge < -0.3 is 19.8 Å². The van der Waals surface area contributed by atoms with Crippen molar-refractivity contribution in [2.24, 2.45) is 0 Å². The molecule has 1 fully saturated rings. The summed E-state index contributed by atoms with van der Waals surface area (Å²) in [6.45, 7) is 2.57. The number of rotatable bonds is 8. The van der Waals surface area contributed by atoms with E-state index in [0.29, 0.717) is 17.5 Å². The van der Waals surface area contributed by atoms with Gasteiger partial charge in [0.1, 0.15) is 22.1 Å². The molecule has 0 spiro atoms. The quantitative estimate of drug-likeness (QED) is 0.244. The number of imidazole rings is 1. The number of aromatic nitrogens is 4. The number of H-pyrrole nitrogens is 1. The second kappa shape index (κ2) is 9.28. The number of aryl methyl sites for hydroxylation is 1. The number of hydrogen-bond donors (Lipinski definition) is 2. The fourth-order valence-electron chi connectivity index (χ4n) is 2.99. The Morgan fingerprint density at radius 2 is 2.23 bits per heavy atom. The summed E-state index contributed by atoms with van der Waals surface area (Å²) in [5.74, 6) is -0.0683. The highest BCUT2D eigenvalue weighted by Gasteiger charge is 2.54. The molecule has 0 aliphatic carbocycles. The van der Waals surface area contributed by atoms with Crippen LogP contribution in [0.25, 0.3) is 0 Å². The molecule has 1 saturated heterocycles. The lowest BCUT2D eigenvalue weighted by atomic mass is 10.0. The Morgan fingerprint density at radius 1 is 1.39 bits per heavy atom. The minimum absolute atomic E-state index is 0.187. The molecule has 11 nitrogen and oxygen atoms in total. The summed E-state index contributed by atoms with van der Waals surface area (Å²) in [7, 11) is 0. The van der Waals surface area contributed by atoms with Gasteiger partial charge in [-0.3, -0.25) is 14.5 Å². The number of esters is 2. The number of nitrogens with zero attached hydrogens (tertiary/aromatic N) is 4. The molecule has 2 aliphatic heterocycles. The molecular weight excluding hydrogens is 464 g/mol. The number of β-lactam (4-membered cyclic amide) rings is 1. The van der Waals surface area contributed by atoms with Crippen molar-refractivity contribution >= 4 is 58.7 Å². The Bertz CT molecular complexity index is 1020. The summed E-state index contributed by atoms with van der Waals surface area (Å²) in [4.78, 5) is 45.1. The minimum Gasteiger partial charge on any atom is -0.428 e. The van der Waals surface area contributed by atoms with Crippen molar-refractivity contribution in [3.05, 3.63) is 28.7 Å². The van der Waals surface area contributed by atoms with Crippen molar-refractivity contribution in [2.75, 3.05) is 23.6 Å². The smallest absolute Gasteiger partial charge is 0.357 e. The van der Waals surface area contributed by atoms with Gasteiger partial charge in [-0.05, 0) is 12.5 Å². The predicted octanol–water partition coefficient (Wildman–Crippen LogP) is 1.38. The molecule has 2 aliphatic rings. The van der Waals surface area contributed by atoms with Gasteiger partial charge in [-0.25, -0.2) is 9.78 Å². The summed E-state index contributed by atoms with van der Waals surface area (Å²) in [6, 6.07) is -0.521. The van der Waals surface area contributed by atoms with Gasteiger partial charge in [-0.15, -0.1) is 22.0 Å². The summed E-state index contributed by atoms with van der Waals surface area (Å²) >= 11 is 4.45. The third-order valence-electron chi connectivity index (χ3n) is 4.36. The molecule has 0 aromatic carbocycles. The van der Waals surface area contributed by atoms with Gasteiger partial charge in [0, 0.05) is 30.8 Å². The zero-order chi connectivity index (χ0) is 22.0. The third-order valence-corrected chi connectivity index (χ3v) is 7.76. The van der Waals surface area contributed by atoms with E-state index >= 15 is 0 Å². The summed E-state index contributed by atoms with van der Waals surface area (Å²) in [5, 5.41) is 11.7. The summed E-state index contributed by atoms with van der Waals surface area (Å²) in [6.07, 6.45) is 3.24. The highest BCUT2D eigenvalue weighted by molar-refractivity contribution is 8.01. The first kappa shape index (κ1) is 21.6. The summed E-state index contributed by atoms with van der Waals surface area (Å²) < 4.78 is 10.6. The number of hydrogen-bond acceptors (Lipinski definition) is 12. The number of nitrogens with one attached hydrogen (secondary N) is 2. The van der Waals surface area contributed by atoms with Gasteiger partial charge in [-0.2, -0.15) is 0 Å². The SMILES string of the molecule is CC(=O)OCOC(=O)C1=C(CSc2nnc(C)s2)CS[C@H]2C(Nc3ncc[nH]3)C(=O)N12. The number of thioether (sulfide) groups is 2. The van der Waals surface area contributed by atoms with Crippen LogP contribution in [-0.2, 0) is 23.9 Å². The number of ether oxygens (including phenoxy) is 2. The number of carbonyl (C=O) groups excluding carboxylic acids is 3. The van der Waals surface area contributed by atoms with Gasteiger partial charge in [0.25, 0.3) is 5.91 Å². The second-order valence-corrected chi connectivity index (χ2v) is 9.99. The zero-order valence-corrected chi connectivity index (χ0v) is 18.9. The number of fused-ring (bicyclic) bond motifs is 1. The van der Waals surface area contributed by atoms with Crippen LogP contribution in [0.4, 0.5) is 5.95 Å². The van der Waals surface area contributed by atoms with Gasteiger partial charge >= 0.3 is 11.9 Å². The van der Waals surface area contributed by atoms with Gasteiger partial charge in [0.15, 0.2) is 4.34 Å². The number of aromatic amines is 1. The van der Waals surface area contributed by atoms with Crippen LogP contribution in [-0.4, -0.2) is 72.6 Å². The molecule has 0 bridgehead atoms. The molecule has 0 saturated carbocycles. The zero-order valence-electron chi connectivity index (χ0n) is 16.5. The Kier molecular flexibility index (Phi) is 6.48. The van der Waals surface area contributed by atoms with Crippen molar-refractivity contribution in [3.8, 4) is 0 Å². The molecule has 14 heteroatoms. The maximum atomic E-state index is 12.9. The van der Waals surface area contributed by atoms with E-state index in [4.69, 9.17) is 9.47 Å². The molecule has 164 valence electrons. The lowest BCUT2D eigenvalue weighted by molar-refractivity contribution is -0.166. The molecule has 1 amide bonds. The van der Waals surface area contributed by atoms with Crippen molar-refractivity contribution in [1.82, 2.24) is 25.1 Å². The number of amides is 1. The Hall–Kier alpha value is -2.58. The lowest BCUT2D eigenvalue weighted by Gasteiger charge is -2.49. The monoisotopic (exact) mass is 482 g/mol. The van der Waals surface area contributed by atoms with E-state index in [9.17, 15) is 14.4 Å². The molecule has 2 N–H and O–H groups in total. The first-order valence-electron chi connectivity index (χ1n) is 9.10. The largest absolute Gasteiger partial charge is 0.428 e.